The molecule has 256 valence electrons. The number of rotatable bonds is 6. The summed E-state index contributed by atoms with van der Waals surface area (Å²) in [5, 5.41) is 5.15. The van der Waals surface area contributed by atoms with Crippen molar-refractivity contribution >= 4 is 38.6 Å². The molecule has 0 atom stereocenters. The number of para-hydroxylation sites is 1. The Morgan fingerprint density at radius 3 is 1.54 bits per heavy atom. The van der Waals surface area contributed by atoms with Crippen LogP contribution in [-0.2, 0) is 5.41 Å². The first-order valence-corrected chi connectivity index (χ1v) is 18.8. The van der Waals surface area contributed by atoms with Crippen molar-refractivity contribution in [1.29, 1.82) is 0 Å². The predicted molar refractivity (Wildman–Crippen MR) is 230 cm³/mol. The van der Waals surface area contributed by atoms with Gasteiger partial charge in [0.05, 0.1) is 0 Å². The molecule has 0 aromatic heterocycles. The molecule has 9 aromatic rings. The van der Waals surface area contributed by atoms with Crippen molar-refractivity contribution in [3.05, 3.63) is 211 Å². The monoisotopic (exact) mass is 689 g/mol. The van der Waals surface area contributed by atoms with Gasteiger partial charge in [-0.25, -0.2) is 0 Å². The zero-order valence-electron chi connectivity index (χ0n) is 30.5. The van der Waals surface area contributed by atoms with Crippen molar-refractivity contribution in [3.8, 4) is 44.5 Å². The maximum Gasteiger partial charge on any atom is 0.0465 e. The van der Waals surface area contributed by atoms with Gasteiger partial charge in [-0.3, -0.25) is 0 Å². The minimum absolute atomic E-state index is 0.167. The molecule has 0 aliphatic heterocycles. The third-order valence-electron chi connectivity index (χ3n) is 11.5. The molecule has 0 saturated heterocycles. The Morgan fingerprint density at radius 1 is 0.315 bits per heavy atom. The average molecular weight is 690 g/mol. The zero-order valence-corrected chi connectivity index (χ0v) is 30.5. The van der Waals surface area contributed by atoms with Crippen LogP contribution in [-0.4, -0.2) is 0 Å². The van der Waals surface area contributed by atoms with Crippen molar-refractivity contribution in [3.63, 3.8) is 0 Å². The fourth-order valence-corrected chi connectivity index (χ4v) is 8.64. The summed E-state index contributed by atoms with van der Waals surface area (Å²) in [6.07, 6.45) is 0. The van der Waals surface area contributed by atoms with Crippen LogP contribution >= 0.6 is 0 Å². The molecule has 1 heteroatoms. The molecule has 0 amide bonds. The maximum atomic E-state index is 2.42. The van der Waals surface area contributed by atoms with Gasteiger partial charge in [0.1, 0.15) is 0 Å². The first-order chi connectivity index (χ1) is 26.5. The van der Waals surface area contributed by atoms with Crippen LogP contribution in [0.1, 0.15) is 25.0 Å². The van der Waals surface area contributed by atoms with E-state index in [0.29, 0.717) is 0 Å². The van der Waals surface area contributed by atoms with Gasteiger partial charge < -0.3 is 4.90 Å². The highest BCUT2D eigenvalue weighted by Crippen LogP contribution is 2.51. The summed E-state index contributed by atoms with van der Waals surface area (Å²) in [6, 6.07) is 73.3. The summed E-state index contributed by atoms with van der Waals surface area (Å²) in [5.41, 5.74) is 16.0. The Kier molecular flexibility index (Phi) is 7.56. The second-order valence-corrected chi connectivity index (χ2v) is 15.0. The molecule has 0 radical (unpaired) electrons. The molecule has 0 heterocycles. The van der Waals surface area contributed by atoms with Crippen molar-refractivity contribution in [2.24, 2.45) is 0 Å². The molecule has 1 nitrogen and oxygen atoms in total. The Bertz CT molecular complexity index is 2810. The smallest absolute Gasteiger partial charge is 0.0465 e. The van der Waals surface area contributed by atoms with Gasteiger partial charge in [-0.15, -0.1) is 0 Å². The van der Waals surface area contributed by atoms with E-state index in [-0.39, 0.29) is 5.41 Å². The average Bonchev–Trinajstić information content (AvgIpc) is 3.46. The van der Waals surface area contributed by atoms with E-state index in [1.165, 1.54) is 77.2 Å². The summed E-state index contributed by atoms with van der Waals surface area (Å²) in [5.74, 6) is 0. The van der Waals surface area contributed by atoms with E-state index < -0.39 is 0 Å². The highest BCUT2D eigenvalue weighted by Gasteiger charge is 2.36. The lowest BCUT2D eigenvalue weighted by Gasteiger charge is -2.28. The molecule has 0 spiro atoms. The molecule has 1 aliphatic rings. The number of hydrogen-bond donors (Lipinski definition) is 0. The van der Waals surface area contributed by atoms with E-state index in [1.807, 2.05) is 0 Å². The SMILES string of the molecule is CC1(C)c2cc(-c3ccc(-c4cc5ccccc5c5ccccc45)cc3)ccc2-c2ccc(N(c3ccccc3)c3ccc(-c4ccccc4)cc3)cc21. The lowest BCUT2D eigenvalue weighted by molar-refractivity contribution is 0.660. The first kappa shape index (κ1) is 32.0. The summed E-state index contributed by atoms with van der Waals surface area (Å²) in [4.78, 5) is 2.37. The van der Waals surface area contributed by atoms with Crippen LogP contribution < -0.4 is 4.90 Å². The third kappa shape index (κ3) is 5.32. The predicted octanol–water partition coefficient (Wildman–Crippen LogP) is 14.8. The zero-order chi connectivity index (χ0) is 36.2. The van der Waals surface area contributed by atoms with E-state index >= 15 is 0 Å². The van der Waals surface area contributed by atoms with Crippen molar-refractivity contribution < 1.29 is 0 Å². The maximum absolute atomic E-state index is 2.42. The largest absolute Gasteiger partial charge is 0.310 e. The fraction of sp³-hybridized carbons (Fsp3) is 0.0566. The molecule has 1 aliphatic carbocycles. The van der Waals surface area contributed by atoms with Crippen LogP contribution in [0.2, 0.25) is 0 Å². The van der Waals surface area contributed by atoms with Gasteiger partial charge in [0.15, 0.2) is 0 Å². The fourth-order valence-electron chi connectivity index (χ4n) is 8.64. The van der Waals surface area contributed by atoms with Crippen LogP contribution in [0.3, 0.4) is 0 Å². The Balaban J connectivity index is 0.995. The first-order valence-electron chi connectivity index (χ1n) is 18.8. The topological polar surface area (TPSA) is 3.24 Å². The molecule has 0 fully saturated rings. The van der Waals surface area contributed by atoms with Gasteiger partial charge in [-0.1, -0.05) is 166 Å². The summed E-state index contributed by atoms with van der Waals surface area (Å²) in [6.45, 7) is 4.75. The Hall–Kier alpha value is -6.70. The van der Waals surface area contributed by atoms with Crippen molar-refractivity contribution in [2.75, 3.05) is 4.90 Å². The normalized spacial score (nSPS) is 12.8. The van der Waals surface area contributed by atoms with Crippen LogP contribution in [0.5, 0.6) is 0 Å². The number of fused-ring (bicyclic) bond motifs is 6. The quantitative estimate of drug-likeness (QED) is 0.157. The molecule has 0 saturated carbocycles. The van der Waals surface area contributed by atoms with Gasteiger partial charge in [0, 0.05) is 22.5 Å². The molecule has 54 heavy (non-hydrogen) atoms. The summed E-state index contributed by atoms with van der Waals surface area (Å²) in [7, 11) is 0. The number of benzene rings is 9. The summed E-state index contributed by atoms with van der Waals surface area (Å²) >= 11 is 0. The highest BCUT2D eigenvalue weighted by atomic mass is 15.1. The van der Waals surface area contributed by atoms with Gasteiger partial charge in [0.2, 0.25) is 0 Å². The van der Waals surface area contributed by atoms with Gasteiger partial charge in [0.25, 0.3) is 0 Å². The Morgan fingerprint density at radius 2 is 0.796 bits per heavy atom. The van der Waals surface area contributed by atoms with Crippen molar-refractivity contribution in [1.82, 2.24) is 0 Å². The van der Waals surface area contributed by atoms with E-state index in [4.69, 9.17) is 0 Å². The molecule has 0 bridgehead atoms. The second kappa shape index (κ2) is 12.8. The minimum Gasteiger partial charge on any atom is -0.310 e. The van der Waals surface area contributed by atoms with Crippen LogP contribution in [0.15, 0.2) is 200 Å². The molecular formula is C53H39N. The van der Waals surface area contributed by atoms with E-state index in [2.05, 4.69) is 219 Å². The minimum atomic E-state index is -0.167. The molecule has 10 rings (SSSR count). The summed E-state index contributed by atoms with van der Waals surface area (Å²) < 4.78 is 0. The molecule has 0 N–H and O–H groups in total. The van der Waals surface area contributed by atoms with Gasteiger partial charge in [-0.05, 0) is 126 Å². The molecule has 9 aromatic carbocycles. The second-order valence-electron chi connectivity index (χ2n) is 15.0. The number of anilines is 3. The standard InChI is InChI=1S/C53H39N/c1-53(2)51-34-40(38-21-23-39(24-22-38)50-33-41-15-9-10-18-45(41)46-19-11-12-20-47(46)50)27-31-48(51)49-32-30-44(35-52(49)53)54(42-16-7-4-8-17-42)43-28-25-37(26-29-43)36-13-5-3-6-14-36/h3-35H,1-2H3. The van der Waals surface area contributed by atoms with Crippen LogP contribution in [0.25, 0.3) is 66.1 Å². The molecule has 0 unspecified atom stereocenters. The van der Waals surface area contributed by atoms with E-state index in [9.17, 15) is 0 Å². The van der Waals surface area contributed by atoms with Gasteiger partial charge >= 0.3 is 0 Å². The van der Waals surface area contributed by atoms with E-state index in [1.54, 1.807) is 0 Å². The Labute approximate surface area is 317 Å². The number of hydrogen-bond acceptors (Lipinski definition) is 1. The van der Waals surface area contributed by atoms with Crippen LogP contribution in [0, 0.1) is 0 Å². The van der Waals surface area contributed by atoms with E-state index in [0.717, 1.165) is 17.1 Å². The third-order valence-corrected chi connectivity index (χ3v) is 11.5. The number of nitrogens with zero attached hydrogens (tertiary/aromatic N) is 1. The van der Waals surface area contributed by atoms with Crippen LogP contribution in [0.4, 0.5) is 17.1 Å². The van der Waals surface area contributed by atoms with Gasteiger partial charge in [-0.2, -0.15) is 0 Å². The lowest BCUT2D eigenvalue weighted by atomic mass is 9.81. The van der Waals surface area contributed by atoms with Crippen molar-refractivity contribution in [2.45, 2.75) is 19.3 Å². The molecular weight excluding hydrogens is 651 g/mol. The lowest BCUT2D eigenvalue weighted by Crippen LogP contribution is -2.16. The highest BCUT2D eigenvalue weighted by molar-refractivity contribution is 6.13.